The fraction of sp³-hybridized carbons (Fsp3) is 0.238. The van der Waals surface area contributed by atoms with Crippen molar-refractivity contribution in [1.29, 1.82) is 0 Å². The van der Waals surface area contributed by atoms with Crippen molar-refractivity contribution in [1.82, 2.24) is 10.3 Å². The van der Waals surface area contributed by atoms with Crippen LogP contribution >= 0.6 is 0 Å². The largest absolute Gasteiger partial charge is 0.508 e. The zero-order valence-corrected chi connectivity index (χ0v) is 14.2. The molecule has 1 aromatic heterocycles. The van der Waals surface area contributed by atoms with Crippen LogP contribution in [-0.4, -0.2) is 27.2 Å². The molecular weight excluding hydrogens is 328 g/mol. The van der Waals surface area contributed by atoms with E-state index < -0.39 is 0 Å². The topological polar surface area (TPSA) is 82.5 Å². The van der Waals surface area contributed by atoms with Gasteiger partial charge in [-0.1, -0.05) is 24.3 Å². The fourth-order valence-corrected chi connectivity index (χ4v) is 3.51. The van der Waals surface area contributed by atoms with Gasteiger partial charge in [0.15, 0.2) is 0 Å². The molecule has 26 heavy (non-hydrogen) atoms. The second kappa shape index (κ2) is 6.77. The summed E-state index contributed by atoms with van der Waals surface area (Å²) in [4.78, 5) is 17.2. The Bertz CT molecular complexity index is 951. The fourth-order valence-electron chi connectivity index (χ4n) is 3.51. The number of para-hydroxylation sites is 1. The van der Waals surface area contributed by atoms with Gasteiger partial charge in [-0.15, -0.1) is 0 Å². The van der Waals surface area contributed by atoms with E-state index in [9.17, 15) is 15.0 Å². The standard InChI is InChI=1S/C21H20N2O3/c24-17-6-3-5-14(9-17)21(26)23-20(15-10-18(25)11-15)16-8-13-4-1-2-7-19(13)22-12-16/h1-9,12,15,18,20,24-25H,10-11H2,(H,23,26)/t15?,18?,20-/m0/s1. The molecule has 1 saturated carbocycles. The third-order valence-corrected chi connectivity index (χ3v) is 4.99. The van der Waals surface area contributed by atoms with Gasteiger partial charge in [0.2, 0.25) is 0 Å². The summed E-state index contributed by atoms with van der Waals surface area (Å²) >= 11 is 0. The Morgan fingerprint density at radius 1 is 1.12 bits per heavy atom. The van der Waals surface area contributed by atoms with Gasteiger partial charge in [0.05, 0.1) is 17.7 Å². The first-order valence-corrected chi connectivity index (χ1v) is 8.73. The van der Waals surface area contributed by atoms with Crippen LogP contribution in [0.1, 0.15) is 34.8 Å². The van der Waals surface area contributed by atoms with E-state index in [1.54, 1.807) is 18.3 Å². The van der Waals surface area contributed by atoms with Crippen molar-refractivity contribution in [2.24, 2.45) is 5.92 Å². The number of nitrogens with one attached hydrogen (secondary N) is 1. The Hall–Kier alpha value is -2.92. The molecule has 0 bridgehead atoms. The number of aliphatic hydroxyl groups excluding tert-OH is 1. The molecule has 0 unspecified atom stereocenters. The number of hydrogen-bond acceptors (Lipinski definition) is 4. The van der Waals surface area contributed by atoms with Crippen molar-refractivity contribution in [2.45, 2.75) is 25.0 Å². The predicted molar refractivity (Wildman–Crippen MR) is 98.8 cm³/mol. The molecular formula is C21H20N2O3. The SMILES string of the molecule is O=C(N[C@H](c1cnc2ccccc2c1)C1CC(O)C1)c1cccc(O)c1. The van der Waals surface area contributed by atoms with E-state index in [1.807, 2.05) is 30.3 Å². The van der Waals surface area contributed by atoms with E-state index in [2.05, 4.69) is 10.3 Å². The maximum Gasteiger partial charge on any atom is 0.251 e. The van der Waals surface area contributed by atoms with E-state index in [0.717, 1.165) is 16.5 Å². The number of aromatic nitrogens is 1. The Morgan fingerprint density at radius 2 is 1.92 bits per heavy atom. The number of aromatic hydroxyl groups is 1. The van der Waals surface area contributed by atoms with Crippen molar-refractivity contribution in [3.63, 3.8) is 0 Å². The number of amides is 1. The zero-order valence-electron chi connectivity index (χ0n) is 14.2. The van der Waals surface area contributed by atoms with Crippen molar-refractivity contribution in [3.05, 3.63) is 71.9 Å². The van der Waals surface area contributed by atoms with E-state index in [0.29, 0.717) is 18.4 Å². The van der Waals surface area contributed by atoms with Crippen molar-refractivity contribution in [3.8, 4) is 5.75 Å². The Morgan fingerprint density at radius 3 is 2.69 bits per heavy atom. The molecule has 0 aliphatic heterocycles. The van der Waals surface area contributed by atoms with Gasteiger partial charge in [0, 0.05) is 17.1 Å². The Labute approximate surface area is 151 Å². The number of aliphatic hydroxyl groups is 1. The molecule has 3 N–H and O–H groups in total. The van der Waals surface area contributed by atoms with Gasteiger partial charge in [0.25, 0.3) is 5.91 Å². The molecule has 1 aliphatic rings. The van der Waals surface area contributed by atoms with Crippen LogP contribution in [0.4, 0.5) is 0 Å². The number of nitrogens with zero attached hydrogens (tertiary/aromatic N) is 1. The molecule has 2 aromatic carbocycles. The molecule has 3 aromatic rings. The molecule has 1 atom stereocenters. The summed E-state index contributed by atoms with van der Waals surface area (Å²) < 4.78 is 0. The van der Waals surface area contributed by atoms with Crippen LogP contribution < -0.4 is 5.32 Å². The predicted octanol–water partition coefficient (Wildman–Crippen LogP) is 3.18. The number of benzene rings is 2. The van der Waals surface area contributed by atoms with Gasteiger partial charge in [-0.25, -0.2) is 0 Å². The molecule has 5 nitrogen and oxygen atoms in total. The van der Waals surface area contributed by atoms with E-state index in [-0.39, 0.29) is 29.7 Å². The molecule has 1 heterocycles. The summed E-state index contributed by atoms with van der Waals surface area (Å²) in [6.45, 7) is 0. The van der Waals surface area contributed by atoms with Crippen LogP contribution in [0.5, 0.6) is 5.75 Å². The number of phenolic OH excluding ortho intramolecular Hbond substituents is 1. The number of carbonyl (C=O) groups excluding carboxylic acids is 1. The first-order chi connectivity index (χ1) is 12.6. The highest BCUT2D eigenvalue weighted by molar-refractivity contribution is 5.95. The minimum atomic E-state index is -0.311. The van der Waals surface area contributed by atoms with Crippen LogP contribution in [0.3, 0.4) is 0 Å². The normalized spacial score (nSPS) is 20.3. The summed E-state index contributed by atoms with van der Waals surface area (Å²) in [6, 6.07) is 15.9. The van der Waals surface area contributed by atoms with Crippen LogP contribution in [0.25, 0.3) is 10.9 Å². The maximum atomic E-state index is 12.7. The quantitative estimate of drug-likeness (QED) is 0.676. The van der Waals surface area contributed by atoms with Crippen molar-refractivity contribution in [2.75, 3.05) is 0 Å². The van der Waals surface area contributed by atoms with Crippen LogP contribution in [0.2, 0.25) is 0 Å². The first-order valence-electron chi connectivity index (χ1n) is 8.73. The molecule has 1 fully saturated rings. The monoisotopic (exact) mass is 348 g/mol. The molecule has 5 heteroatoms. The summed E-state index contributed by atoms with van der Waals surface area (Å²) in [6.07, 6.45) is 2.78. The molecule has 0 radical (unpaired) electrons. The Kier molecular flexibility index (Phi) is 4.31. The van der Waals surface area contributed by atoms with E-state index >= 15 is 0 Å². The van der Waals surface area contributed by atoms with Gasteiger partial charge < -0.3 is 15.5 Å². The highest BCUT2D eigenvalue weighted by atomic mass is 16.3. The Balaban J connectivity index is 1.64. The molecule has 0 spiro atoms. The lowest BCUT2D eigenvalue weighted by atomic mass is 9.75. The second-order valence-corrected chi connectivity index (χ2v) is 6.85. The lowest BCUT2D eigenvalue weighted by Gasteiger charge is -2.38. The van der Waals surface area contributed by atoms with Gasteiger partial charge >= 0.3 is 0 Å². The highest BCUT2D eigenvalue weighted by Crippen LogP contribution is 2.38. The van der Waals surface area contributed by atoms with Gasteiger partial charge in [-0.05, 0) is 54.7 Å². The van der Waals surface area contributed by atoms with E-state index in [4.69, 9.17) is 0 Å². The number of rotatable bonds is 4. The van der Waals surface area contributed by atoms with Crippen LogP contribution in [0.15, 0.2) is 60.8 Å². The summed E-state index contributed by atoms with van der Waals surface area (Å²) in [5.41, 5.74) is 2.24. The molecule has 0 saturated heterocycles. The average molecular weight is 348 g/mol. The number of phenols is 1. The minimum Gasteiger partial charge on any atom is -0.508 e. The highest BCUT2D eigenvalue weighted by Gasteiger charge is 2.36. The third kappa shape index (κ3) is 3.26. The zero-order chi connectivity index (χ0) is 18.1. The van der Waals surface area contributed by atoms with Gasteiger partial charge in [-0.3, -0.25) is 9.78 Å². The van der Waals surface area contributed by atoms with E-state index in [1.165, 1.54) is 12.1 Å². The number of fused-ring (bicyclic) bond motifs is 1. The maximum absolute atomic E-state index is 12.7. The lowest BCUT2D eigenvalue weighted by Crippen LogP contribution is -2.41. The summed E-state index contributed by atoms with van der Waals surface area (Å²) in [7, 11) is 0. The second-order valence-electron chi connectivity index (χ2n) is 6.85. The molecule has 4 rings (SSSR count). The lowest BCUT2D eigenvalue weighted by molar-refractivity contribution is 0.0235. The molecule has 1 aliphatic carbocycles. The van der Waals surface area contributed by atoms with Crippen molar-refractivity contribution >= 4 is 16.8 Å². The number of pyridine rings is 1. The number of hydrogen-bond donors (Lipinski definition) is 3. The van der Waals surface area contributed by atoms with Gasteiger partial charge in [0.1, 0.15) is 5.75 Å². The van der Waals surface area contributed by atoms with Crippen LogP contribution in [-0.2, 0) is 0 Å². The first kappa shape index (κ1) is 16.5. The number of carbonyl (C=O) groups is 1. The average Bonchev–Trinajstić information content (AvgIpc) is 2.63. The van der Waals surface area contributed by atoms with Crippen LogP contribution in [0, 0.1) is 5.92 Å². The van der Waals surface area contributed by atoms with Gasteiger partial charge in [-0.2, -0.15) is 0 Å². The smallest absolute Gasteiger partial charge is 0.251 e. The summed E-state index contributed by atoms with van der Waals surface area (Å²) in [5.74, 6) is -0.0321. The third-order valence-electron chi connectivity index (χ3n) is 4.99. The molecule has 132 valence electrons. The molecule has 1 amide bonds. The minimum absolute atomic E-state index is 0.0561. The summed E-state index contributed by atoms with van der Waals surface area (Å²) in [5, 5.41) is 23.4. The van der Waals surface area contributed by atoms with Crippen molar-refractivity contribution < 1.29 is 15.0 Å².